The van der Waals surface area contributed by atoms with Crippen molar-refractivity contribution in [2.45, 2.75) is 26.3 Å². The molecule has 0 spiro atoms. The average Bonchev–Trinajstić information content (AvgIpc) is 2.48. The SMILES string of the molecule is [C-]#[N+]c1nc(Cl)c(-c2c(F)cccc2Cl)c(NC(C)CC)n1. The average molecular weight is 339 g/mol. The molecule has 1 N–H and O–H groups in total. The van der Waals surface area contributed by atoms with Crippen molar-refractivity contribution < 1.29 is 4.39 Å². The lowest BCUT2D eigenvalue weighted by atomic mass is 10.1. The summed E-state index contributed by atoms with van der Waals surface area (Å²) in [5, 5.41) is 3.31. The monoisotopic (exact) mass is 338 g/mol. The Hall–Kier alpha value is -1.90. The normalized spacial score (nSPS) is 11.8. The smallest absolute Gasteiger partial charge is 0.374 e. The van der Waals surface area contributed by atoms with E-state index in [2.05, 4.69) is 20.1 Å². The molecule has 1 unspecified atom stereocenters. The molecule has 4 nitrogen and oxygen atoms in total. The standard InChI is InChI=1S/C15H13Cl2FN4/c1-4-8(2)20-14-12(13(17)21-15(19-3)22-14)11-9(16)6-5-7-10(11)18/h5-8H,4H2,1-2H3,(H,20,21,22). The summed E-state index contributed by atoms with van der Waals surface area (Å²) >= 11 is 12.3. The minimum atomic E-state index is -0.527. The Balaban J connectivity index is 2.71. The second kappa shape index (κ2) is 6.91. The van der Waals surface area contributed by atoms with Crippen molar-refractivity contribution in [1.82, 2.24) is 9.97 Å². The highest BCUT2D eigenvalue weighted by Crippen LogP contribution is 2.39. The molecule has 1 atom stereocenters. The summed E-state index contributed by atoms with van der Waals surface area (Å²) in [5.74, 6) is -0.333. The van der Waals surface area contributed by atoms with Crippen molar-refractivity contribution in [3.8, 4) is 11.1 Å². The van der Waals surface area contributed by atoms with Gasteiger partial charge in [0.25, 0.3) is 0 Å². The molecule has 0 radical (unpaired) electrons. The van der Waals surface area contributed by atoms with Crippen LogP contribution in [0.2, 0.25) is 10.2 Å². The number of nitrogens with zero attached hydrogens (tertiary/aromatic N) is 3. The third kappa shape index (κ3) is 3.29. The zero-order valence-electron chi connectivity index (χ0n) is 12.0. The number of rotatable bonds is 4. The van der Waals surface area contributed by atoms with Gasteiger partial charge in [-0.2, -0.15) is 0 Å². The van der Waals surface area contributed by atoms with Gasteiger partial charge in [-0.15, -0.1) is 16.5 Å². The summed E-state index contributed by atoms with van der Waals surface area (Å²) in [6.07, 6.45) is 0.819. The molecule has 0 bridgehead atoms. The Labute approximate surface area is 138 Å². The minimum Gasteiger partial charge on any atom is -0.394 e. The van der Waals surface area contributed by atoms with Crippen molar-refractivity contribution in [3.63, 3.8) is 0 Å². The molecule has 0 amide bonds. The number of anilines is 1. The van der Waals surface area contributed by atoms with E-state index in [0.29, 0.717) is 5.82 Å². The third-order valence-electron chi connectivity index (χ3n) is 3.16. The van der Waals surface area contributed by atoms with Crippen LogP contribution in [0.5, 0.6) is 0 Å². The molecule has 7 heteroatoms. The summed E-state index contributed by atoms with van der Waals surface area (Å²) in [6.45, 7) is 11.0. The first-order valence-corrected chi connectivity index (χ1v) is 7.39. The zero-order valence-corrected chi connectivity index (χ0v) is 13.5. The molecule has 2 rings (SSSR count). The van der Waals surface area contributed by atoms with Crippen molar-refractivity contribution in [2.75, 3.05) is 5.32 Å². The van der Waals surface area contributed by atoms with Crippen molar-refractivity contribution >= 4 is 35.0 Å². The molecule has 0 aliphatic heterocycles. The fraction of sp³-hybridized carbons (Fsp3) is 0.267. The van der Waals surface area contributed by atoms with Gasteiger partial charge in [0.1, 0.15) is 5.82 Å². The molecule has 1 aromatic carbocycles. The lowest BCUT2D eigenvalue weighted by Crippen LogP contribution is -2.16. The maximum absolute atomic E-state index is 14.2. The fourth-order valence-electron chi connectivity index (χ4n) is 1.87. The van der Waals surface area contributed by atoms with E-state index in [0.717, 1.165) is 6.42 Å². The molecule has 0 saturated carbocycles. The highest BCUT2D eigenvalue weighted by molar-refractivity contribution is 6.36. The van der Waals surface area contributed by atoms with E-state index in [1.54, 1.807) is 6.07 Å². The maximum Gasteiger partial charge on any atom is 0.374 e. The summed E-state index contributed by atoms with van der Waals surface area (Å²) < 4.78 is 14.2. The molecular formula is C15H13Cl2FN4. The van der Waals surface area contributed by atoms with Crippen LogP contribution in [-0.2, 0) is 0 Å². The van der Waals surface area contributed by atoms with Gasteiger partial charge in [-0.3, -0.25) is 0 Å². The summed E-state index contributed by atoms with van der Waals surface area (Å²) in [5.41, 5.74) is 0.383. The molecular weight excluding hydrogens is 326 g/mol. The van der Waals surface area contributed by atoms with Gasteiger partial charge in [-0.05, 0) is 37.1 Å². The zero-order chi connectivity index (χ0) is 16.3. The number of halogens is 3. The van der Waals surface area contributed by atoms with E-state index >= 15 is 0 Å². The van der Waals surface area contributed by atoms with Crippen LogP contribution in [0.15, 0.2) is 18.2 Å². The predicted molar refractivity (Wildman–Crippen MR) is 87.1 cm³/mol. The molecule has 0 aliphatic rings. The van der Waals surface area contributed by atoms with E-state index < -0.39 is 5.82 Å². The number of hydrogen-bond donors (Lipinski definition) is 1. The summed E-state index contributed by atoms with van der Waals surface area (Å²) in [4.78, 5) is 11.2. The molecule has 22 heavy (non-hydrogen) atoms. The van der Waals surface area contributed by atoms with Crippen molar-refractivity contribution in [2.24, 2.45) is 0 Å². The Morgan fingerprint density at radius 3 is 2.64 bits per heavy atom. The van der Waals surface area contributed by atoms with Crippen LogP contribution >= 0.6 is 23.2 Å². The van der Waals surface area contributed by atoms with Gasteiger partial charge in [-0.25, -0.2) is 4.39 Å². The topological polar surface area (TPSA) is 42.2 Å². The minimum absolute atomic E-state index is 0.0150. The summed E-state index contributed by atoms with van der Waals surface area (Å²) in [7, 11) is 0. The quantitative estimate of drug-likeness (QED) is 0.603. The molecule has 1 heterocycles. The van der Waals surface area contributed by atoms with Crippen LogP contribution in [-0.4, -0.2) is 16.0 Å². The van der Waals surface area contributed by atoms with E-state index in [4.69, 9.17) is 29.8 Å². The van der Waals surface area contributed by atoms with E-state index in [1.807, 2.05) is 13.8 Å². The molecule has 0 saturated heterocycles. The Kier molecular flexibility index (Phi) is 5.17. The molecule has 0 aliphatic carbocycles. The number of benzene rings is 1. The van der Waals surface area contributed by atoms with Crippen LogP contribution in [0.3, 0.4) is 0 Å². The largest absolute Gasteiger partial charge is 0.394 e. The fourth-order valence-corrected chi connectivity index (χ4v) is 2.39. The number of nitrogens with one attached hydrogen (secondary N) is 1. The van der Waals surface area contributed by atoms with Crippen LogP contribution in [0.25, 0.3) is 16.0 Å². The first-order valence-electron chi connectivity index (χ1n) is 6.63. The molecule has 1 aromatic heterocycles. The maximum atomic E-state index is 14.2. The molecule has 0 fully saturated rings. The van der Waals surface area contributed by atoms with Crippen molar-refractivity contribution in [1.29, 1.82) is 0 Å². The lowest BCUT2D eigenvalue weighted by Gasteiger charge is -2.15. The Morgan fingerprint density at radius 1 is 1.32 bits per heavy atom. The Morgan fingerprint density at radius 2 is 2.05 bits per heavy atom. The van der Waals surface area contributed by atoms with Gasteiger partial charge < -0.3 is 10.2 Å². The lowest BCUT2D eigenvalue weighted by molar-refractivity contribution is 0.631. The van der Waals surface area contributed by atoms with Gasteiger partial charge in [0, 0.05) is 11.6 Å². The molecule has 2 aromatic rings. The highest BCUT2D eigenvalue weighted by atomic mass is 35.5. The van der Waals surface area contributed by atoms with Gasteiger partial charge >= 0.3 is 5.95 Å². The van der Waals surface area contributed by atoms with E-state index in [1.165, 1.54) is 12.1 Å². The summed E-state index contributed by atoms with van der Waals surface area (Å²) in [6, 6.07) is 4.42. The first kappa shape index (κ1) is 16.5. The second-order valence-corrected chi connectivity index (χ2v) is 5.47. The van der Waals surface area contributed by atoms with Crippen LogP contribution < -0.4 is 5.32 Å². The van der Waals surface area contributed by atoms with Crippen LogP contribution in [0.1, 0.15) is 20.3 Å². The third-order valence-corrected chi connectivity index (χ3v) is 3.75. The van der Waals surface area contributed by atoms with E-state index in [9.17, 15) is 4.39 Å². The Bertz CT molecular complexity index is 723. The number of aromatic nitrogens is 2. The van der Waals surface area contributed by atoms with Crippen LogP contribution in [0.4, 0.5) is 16.2 Å². The highest BCUT2D eigenvalue weighted by Gasteiger charge is 2.24. The first-order chi connectivity index (χ1) is 10.5. The van der Waals surface area contributed by atoms with Gasteiger partial charge in [0.2, 0.25) is 5.15 Å². The van der Waals surface area contributed by atoms with E-state index in [-0.39, 0.29) is 33.3 Å². The predicted octanol–water partition coefficient (Wildman–Crippen LogP) is 5.35. The van der Waals surface area contributed by atoms with Gasteiger partial charge in [0.15, 0.2) is 5.82 Å². The van der Waals surface area contributed by atoms with Crippen LogP contribution in [0, 0.1) is 12.4 Å². The number of hydrogen-bond acceptors (Lipinski definition) is 3. The van der Waals surface area contributed by atoms with Crippen molar-refractivity contribution in [3.05, 3.63) is 45.6 Å². The van der Waals surface area contributed by atoms with Gasteiger partial charge in [0.05, 0.1) is 10.6 Å². The van der Waals surface area contributed by atoms with Gasteiger partial charge in [-0.1, -0.05) is 24.6 Å². The molecule has 114 valence electrons. The second-order valence-electron chi connectivity index (χ2n) is 4.70.